The van der Waals surface area contributed by atoms with Gasteiger partial charge in [-0.25, -0.2) is 0 Å². The van der Waals surface area contributed by atoms with Crippen LogP contribution >= 0.6 is 0 Å². The molecular formula is C20H27N7O. The standard InChI is InChI=1S/C20H27N7O/c1-26(11-15-2-4-21-5-3-15)12-18(28)24-19-7-16-6-17(8-19)10-20(9-16,13-19)27-23-14-22-25-27/h2-5,14,16-17H,6-13H2,1H3,(H,24,28). The molecule has 4 aliphatic carbocycles. The van der Waals surface area contributed by atoms with Gasteiger partial charge in [-0.3, -0.25) is 14.7 Å². The summed E-state index contributed by atoms with van der Waals surface area (Å²) in [6.45, 7) is 1.13. The van der Waals surface area contributed by atoms with Crippen molar-refractivity contribution in [3.8, 4) is 0 Å². The first-order chi connectivity index (χ1) is 13.5. The molecule has 4 fully saturated rings. The second-order valence-electron chi connectivity index (χ2n) is 9.27. The third-order valence-electron chi connectivity index (χ3n) is 6.82. The summed E-state index contributed by atoms with van der Waals surface area (Å²) in [6.07, 6.45) is 11.7. The molecule has 1 N–H and O–H groups in total. The highest BCUT2D eigenvalue weighted by molar-refractivity contribution is 5.79. The number of aromatic nitrogens is 5. The molecule has 2 heterocycles. The molecule has 0 aromatic carbocycles. The first-order valence-corrected chi connectivity index (χ1v) is 10.2. The number of hydrogen-bond acceptors (Lipinski definition) is 6. The van der Waals surface area contributed by atoms with Crippen LogP contribution in [-0.4, -0.2) is 55.1 Å². The highest BCUT2D eigenvalue weighted by Gasteiger charge is 2.60. The largest absolute Gasteiger partial charge is 0.349 e. The number of pyridine rings is 1. The zero-order valence-electron chi connectivity index (χ0n) is 16.3. The van der Waals surface area contributed by atoms with Crippen molar-refractivity contribution in [3.63, 3.8) is 0 Å². The Hall–Kier alpha value is -2.35. The zero-order chi connectivity index (χ0) is 19.2. The van der Waals surface area contributed by atoms with Crippen LogP contribution in [0.15, 0.2) is 30.9 Å². The van der Waals surface area contributed by atoms with E-state index in [0.717, 1.165) is 44.2 Å². The number of nitrogens with one attached hydrogen (secondary N) is 1. The first-order valence-electron chi connectivity index (χ1n) is 10.2. The van der Waals surface area contributed by atoms with E-state index >= 15 is 0 Å². The Balaban J connectivity index is 1.28. The molecule has 8 nitrogen and oxygen atoms in total. The number of nitrogens with zero attached hydrogens (tertiary/aromatic N) is 6. The van der Waals surface area contributed by atoms with Crippen LogP contribution in [0.1, 0.15) is 44.1 Å². The first kappa shape index (κ1) is 17.7. The maximum atomic E-state index is 12.9. The van der Waals surface area contributed by atoms with Crippen molar-refractivity contribution in [2.45, 2.75) is 56.1 Å². The summed E-state index contributed by atoms with van der Waals surface area (Å²) >= 11 is 0. The van der Waals surface area contributed by atoms with Crippen LogP contribution in [0.4, 0.5) is 0 Å². The van der Waals surface area contributed by atoms with Crippen molar-refractivity contribution >= 4 is 5.91 Å². The number of rotatable bonds is 6. The molecule has 4 aliphatic rings. The van der Waals surface area contributed by atoms with E-state index in [2.05, 4.69) is 30.6 Å². The Morgan fingerprint density at radius 3 is 2.68 bits per heavy atom. The average Bonchev–Trinajstić information content (AvgIpc) is 3.16. The van der Waals surface area contributed by atoms with Gasteiger partial charge in [0.1, 0.15) is 0 Å². The maximum Gasteiger partial charge on any atom is 0.234 e. The molecule has 0 spiro atoms. The summed E-state index contributed by atoms with van der Waals surface area (Å²) in [5, 5.41) is 16.0. The second-order valence-corrected chi connectivity index (χ2v) is 9.27. The Bertz CT molecular complexity index is 824. The highest BCUT2D eigenvalue weighted by Crippen LogP contribution is 2.60. The second kappa shape index (κ2) is 6.62. The Morgan fingerprint density at radius 1 is 1.25 bits per heavy atom. The van der Waals surface area contributed by atoms with Gasteiger partial charge in [0.25, 0.3) is 0 Å². The van der Waals surface area contributed by atoms with E-state index in [-0.39, 0.29) is 17.0 Å². The maximum absolute atomic E-state index is 12.9. The molecule has 2 unspecified atom stereocenters. The summed E-state index contributed by atoms with van der Waals surface area (Å²) in [5.41, 5.74) is 0.972. The van der Waals surface area contributed by atoms with Crippen LogP contribution in [0.5, 0.6) is 0 Å². The number of carbonyl (C=O) groups excluding carboxylic acids is 1. The normalized spacial score (nSPS) is 33.4. The lowest BCUT2D eigenvalue weighted by Gasteiger charge is -2.61. The monoisotopic (exact) mass is 381 g/mol. The molecule has 148 valence electrons. The minimum Gasteiger partial charge on any atom is -0.349 e. The van der Waals surface area contributed by atoms with Gasteiger partial charge in [-0.05, 0) is 80.3 Å². The van der Waals surface area contributed by atoms with Gasteiger partial charge in [-0.1, -0.05) is 0 Å². The summed E-state index contributed by atoms with van der Waals surface area (Å²) in [5.74, 6) is 1.39. The van der Waals surface area contributed by atoms with Gasteiger partial charge in [-0.2, -0.15) is 4.80 Å². The Kier molecular flexibility index (Phi) is 4.19. The fourth-order valence-corrected chi connectivity index (χ4v) is 6.42. The van der Waals surface area contributed by atoms with E-state index in [9.17, 15) is 4.79 Å². The topological polar surface area (TPSA) is 88.8 Å². The molecule has 8 heteroatoms. The molecule has 1 amide bonds. The molecule has 0 saturated heterocycles. The van der Waals surface area contributed by atoms with Gasteiger partial charge in [0.2, 0.25) is 5.91 Å². The third-order valence-corrected chi connectivity index (χ3v) is 6.82. The fourth-order valence-electron chi connectivity index (χ4n) is 6.42. The highest BCUT2D eigenvalue weighted by atomic mass is 16.2. The van der Waals surface area contributed by atoms with Crippen LogP contribution in [0, 0.1) is 11.8 Å². The lowest BCUT2D eigenvalue weighted by Crippen LogP contribution is -2.66. The fraction of sp³-hybridized carbons (Fsp3) is 0.650. The third kappa shape index (κ3) is 3.19. The number of amides is 1. The quantitative estimate of drug-likeness (QED) is 0.813. The van der Waals surface area contributed by atoms with E-state index in [0.29, 0.717) is 18.4 Å². The van der Waals surface area contributed by atoms with Gasteiger partial charge < -0.3 is 5.32 Å². The molecule has 0 radical (unpaired) electrons. The minimum atomic E-state index is -0.119. The molecular weight excluding hydrogens is 354 g/mol. The summed E-state index contributed by atoms with van der Waals surface area (Å²) < 4.78 is 0. The zero-order valence-corrected chi connectivity index (χ0v) is 16.3. The van der Waals surface area contributed by atoms with E-state index in [1.807, 2.05) is 24.0 Å². The van der Waals surface area contributed by atoms with Crippen LogP contribution in [0.25, 0.3) is 0 Å². The van der Waals surface area contributed by atoms with E-state index in [1.54, 1.807) is 12.4 Å². The van der Waals surface area contributed by atoms with E-state index in [1.165, 1.54) is 12.7 Å². The molecule has 28 heavy (non-hydrogen) atoms. The van der Waals surface area contributed by atoms with Gasteiger partial charge in [0, 0.05) is 24.5 Å². The lowest BCUT2D eigenvalue weighted by molar-refractivity contribution is -0.132. The smallest absolute Gasteiger partial charge is 0.234 e. The Labute approximate surface area is 164 Å². The van der Waals surface area contributed by atoms with Crippen molar-refractivity contribution < 1.29 is 4.79 Å². The predicted molar refractivity (Wildman–Crippen MR) is 102 cm³/mol. The van der Waals surface area contributed by atoms with Crippen LogP contribution in [-0.2, 0) is 16.9 Å². The van der Waals surface area contributed by atoms with Gasteiger partial charge in [0.05, 0.1) is 12.1 Å². The van der Waals surface area contributed by atoms with Gasteiger partial charge in [0.15, 0.2) is 6.33 Å². The number of hydrogen-bond donors (Lipinski definition) is 1. The summed E-state index contributed by atoms with van der Waals surface area (Å²) in [7, 11) is 1.99. The van der Waals surface area contributed by atoms with Crippen LogP contribution < -0.4 is 5.32 Å². The Morgan fingerprint density at radius 2 is 2.00 bits per heavy atom. The minimum absolute atomic E-state index is 0.0726. The SMILES string of the molecule is CN(CC(=O)NC12CC3CC(C1)CC(n1ncnn1)(C3)C2)Cc1ccncc1. The molecule has 2 aromatic heterocycles. The van der Waals surface area contributed by atoms with Crippen molar-refractivity contribution in [2.24, 2.45) is 11.8 Å². The van der Waals surface area contributed by atoms with E-state index < -0.39 is 0 Å². The van der Waals surface area contributed by atoms with Crippen molar-refractivity contribution in [3.05, 3.63) is 36.4 Å². The van der Waals surface area contributed by atoms with Gasteiger partial charge >= 0.3 is 0 Å². The molecule has 2 aromatic rings. The molecule has 4 saturated carbocycles. The summed E-state index contributed by atoms with van der Waals surface area (Å²) in [4.78, 5) is 20.8. The molecule has 6 rings (SSSR count). The van der Waals surface area contributed by atoms with E-state index in [4.69, 9.17) is 0 Å². The predicted octanol–water partition coefficient (Wildman–Crippen LogP) is 1.36. The number of tetrazole rings is 1. The van der Waals surface area contributed by atoms with Crippen LogP contribution in [0.2, 0.25) is 0 Å². The molecule has 2 atom stereocenters. The molecule has 4 bridgehead atoms. The number of likely N-dealkylation sites (N-methyl/N-ethyl adjacent to an activating group) is 1. The summed E-state index contributed by atoms with van der Waals surface area (Å²) in [6, 6.07) is 3.98. The van der Waals surface area contributed by atoms with Crippen molar-refractivity contribution in [1.82, 2.24) is 35.4 Å². The molecule has 0 aliphatic heterocycles. The van der Waals surface area contributed by atoms with Crippen molar-refractivity contribution in [1.29, 1.82) is 0 Å². The van der Waals surface area contributed by atoms with Crippen molar-refractivity contribution in [2.75, 3.05) is 13.6 Å². The van der Waals surface area contributed by atoms with Crippen LogP contribution in [0.3, 0.4) is 0 Å². The average molecular weight is 381 g/mol. The number of carbonyl (C=O) groups is 1. The van der Waals surface area contributed by atoms with Gasteiger partial charge in [-0.15, -0.1) is 10.2 Å². The lowest BCUT2D eigenvalue weighted by atomic mass is 9.50.